The fourth-order valence-electron chi connectivity index (χ4n) is 1.79. The molecule has 1 aliphatic rings. The Hall–Kier alpha value is -1.28. The van der Waals surface area contributed by atoms with Gasteiger partial charge in [-0.1, -0.05) is 24.3 Å². The van der Waals surface area contributed by atoms with Crippen LogP contribution in [0.3, 0.4) is 0 Å². The maximum atomic E-state index is 13.0. The van der Waals surface area contributed by atoms with Gasteiger partial charge in [0, 0.05) is 23.9 Å². The van der Waals surface area contributed by atoms with Crippen molar-refractivity contribution >= 4 is 11.8 Å². The van der Waals surface area contributed by atoms with Gasteiger partial charge in [0.05, 0.1) is 6.54 Å². The molecule has 0 saturated heterocycles. The van der Waals surface area contributed by atoms with E-state index in [0.717, 1.165) is 16.8 Å². The van der Waals surface area contributed by atoms with Crippen LogP contribution in [-0.2, 0) is 6.42 Å². The van der Waals surface area contributed by atoms with Crippen molar-refractivity contribution in [2.45, 2.75) is 13.3 Å². The molecule has 3 heteroatoms. The molecule has 0 N–H and O–H groups in total. The lowest BCUT2D eigenvalue weighted by Crippen LogP contribution is -2.18. The molecule has 0 unspecified atom stereocenters. The highest BCUT2D eigenvalue weighted by atomic mass is 35.5. The minimum atomic E-state index is -0.205. The quantitative estimate of drug-likeness (QED) is 0.710. The maximum Gasteiger partial charge on any atom is 0.123 e. The molecule has 0 saturated carbocycles. The Morgan fingerprint density at radius 2 is 2.25 bits per heavy atom. The number of hydrogen-bond acceptors (Lipinski definition) is 1. The van der Waals surface area contributed by atoms with E-state index in [4.69, 9.17) is 11.8 Å². The van der Waals surface area contributed by atoms with Crippen LogP contribution in [0.4, 0.5) is 4.39 Å². The van der Waals surface area contributed by atoms with E-state index in [0.29, 0.717) is 13.0 Å². The fraction of sp³-hybridized carbons (Fsp3) is 0.231. The number of halogens is 2. The SMILES string of the molecule is CC1=C(Cc2cccc(F)c2)N(Cl)CC=C1. The van der Waals surface area contributed by atoms with Crippen molar-refractivity contribution in [2.24, 2.45) is 0 Å². The van der Waals surface area contributed by atoms with Gasteiger partial charge >= 0.3 is 0 Å². The minimum absolute atomic E-state index is 0.205. The zero-order chi connectivity index (χ0) is 11.5. The Balaban J connectivity index is 2.24. The average Bonchev–Trinajstić information content (AvgIpc) is 2.24. The summed E-state index contributed by atoms with van der Waals surface area (Å²) in [5.74, 6) is -0.205. The molecular formula is C13H13ClFN. The van der Waals surface area contributed by atoms with Gasteiger partial charge in [0.2, 0.25) is 0 Å². The smallest absolute Gasteiger partial charge is 0.123 e. The molecule has 0 bridgehead atoms. The van der Waals surface area contributed by atoms with Crippen molar-refractivity contribution in [1.82, 2.24) is 4.42 Å². The number of hydrogen-bond donors (Lipinski definition) is 0. The molecule has 2 rings (SSSR count). The van der Waals surface area contributed by atoms with Crippen LogP contribution in [-0.4, -0.2) is 11.0 Å². The molecule has 0 amide bonds. The largest absolute Gasteiger partial charge is 0.285 e. The molecule has 0 spiro atoms. The van der Waals surface area contributed by atoms with E-state index < -0.39 is 0 Å². The van der Waals surface area contributed by atoms with Crippen LogP contribution in [0, 0.1) is 5.82 Å². The number of allylic oxidation sites excluding steroid dienone is 3. The second-order valence-electron chi connectivity index (χ2n) is 3.88. The molecular weight excluding hydrogens is 225 g/mol. The average molecular weight is 238 g/mol. The highest BCUT2D eigenvalue weighted by molar-refractivity contribution is 6.14. The second-order valence-corrected chi connectivity index (χ2v) is 4.29. The molecule has 1 aliphatic heterocycles. The third-order valence-corrected chi connectivity index (χ3v) is 2.98. The monoisotopic (exact) mass is 237 g/mol. The molecule has 16 heavy (non-hydrogen) atoms. The first-order valence-corrected chi connectivity index (χ1v) is 5.54. The number of benzene rings is 1. The third kappa shape index (κ3) is 2.45. The molecule has 1 heterocycles. The van der Waals surface area contributed by atoms with Crippen LogP contribution in [0.25, 0.3) is 0 Å². The molecule has 1 aromatic carbocycles. The first-order valence-electron chi connectivity index (χ1n) is 5.21. The highest BCUT2D eigenvalue weighted by Crippen LogP contribution is 2.22. The zero-order valence-corrected chi connectivity index (χ0v) is 9.84. The van der Waals surface area contributed by atoms with E-state index in [1.54, 1.807) is 16.6 Å². The van der Waals surface area contributed by atoms with Crippen molar-refractivity contribution < 1.29 is 4.39 Å². The number of nitrogens with zero attached hydrogens (tertiary/aromatic N) is 1. The summed E-state index contributed by atoms with van der Waals surface area (Å²) in [6.45, 7) is 2.71. The summed E-state index contributed by atoms with van der Waals surface area (Å²) in [6, 6.07) is 6.62. The van der Waals surface area contributed by atoms with Gasteiger partial charge in [0.15, 0.2) is 0 Å². The van der Waals surface area contributed by atoms with Gasteiger partial charge in [-0.2, -0.15) is 0 Å². The molecule has 0 radical (unpaired) electrons. The Morgan fingerprint density at radius 1 is 1.44 bits per heavy atom. The Kier molecular flexibility index (Phi) is 3.30. The lowest BCUT2D eigenvalue weighted by atomic mass is 10.0. The summed E-state index contributed by atoms with van der Waals surface area (Å²) < 4.78 is 14.7. The zero-order valence-electron chi connectivity index (χ0n) is 9.08. The van der Waals surface area contributed by atoms with Crippen LogP contribution in [0.1, 0.15) is 12.5 Å². The van der Waals surface area contributed by atoms with E-state index in [-0.39, 0.29) is 5.82 Å². The van der Waals surface area contributed by atoms with Crippen molar-refractivity contribution in [1.29, 1.82) is 0 Å². The van der Waals surface area contributed by atoms with Crippen LogP contribution < -0.4 is 0 Å². The lowest BCUT2D eigenvalue weighted by Gasteiger charge is -2.23. The Labute approximate surface area is 99.9 Å². The first kappa shape index (κ1) is 11.2. The summed E-state index contributed by atoms with van der Waals surface area (Å²) in [6.07, 6.45) is 4.72. The normalized spacial score (nSPS) is 15.8. The van der Waals surface area contributed by atoms with Crippen molar-refractivity contribution in [3.8, 4) is 0 Å². The van der Waals surface area contributed by atoms with E-state index in [2.05, 4.69) is 0 Å². The molecule has 0 atom stereocenters. The predicted octanol–water partition coefficient (Wildman–Crippen LogP) is 3.67. The summed E-state index contributed by atoms with van der Waals surface area (Å²) in [5, 5.41) is 0. The molecule has 84 valence electrons. The van der Waals surface area contributed by atoms with Gasteiger partial charge in [0.25, 0.3) is 0 Å². The molecule has 1 nitrogen and oxygen atoms in total. The Morgan fingerprint density at radius 3 is 2.94 bits per heavy atom. The topological polar surface area (TPSA) is 3.24 Å². The maximum absolute atomic E-state index is 13.0. The van der Waals surface area contributed by atoms with Crippen molar-refractivity contribution in [2.75, 3.05) is 6.54 Å². The van der Waals surface area contributed by atoms with E-state index in [1.165, 1.54) is 6.07 Å². The summed E-state index contributed by atoms with van der Waals surface area (Å²) in [4.78, 5) is 0. The molecule has 0 aliphatic carbocycles. The standard InChI is InChI=1S/C13H13ClFN/c1-10-4-3-7-16(14)13(10)9-11-5-2-6-12(15)8-11/h2-6,8H,7,9H2,1H3. The van der Waals surface area contributed by atoms with Gasteiger partial charge in [-0.3, -0.25) is 4.42 Å². The molecule has 0 fully saturated rings. The fourth-order valence-corrected chi connectivity index (χ4v) is 2.06. The van der Waals surface area contributed by atoms with Gasteiger partial charge < -0.3 is 0 Å². The van der Waals surface area contributed by atoms with Crippen molar-refractivity contribution in [3.63, 3.8) is 0 Å². The summed E-state index contributed by atoms with van der Waals surface area (Å²) in [7, 11) is 0. The first-order chi connectivity index (χ1) is 7.66. The van der Waals surface area contributed by atoms with Gasteiger partial charge in [-0.05, 0) is 30.2 Å². The molecule has 1 aromatic rings. The van der Waals surface area contributed by atoms with Gasteiger partial charge in [-0.25, -0.2) is 4.39 Å². The van der Waals surface area contributed by atoms with Crippen molar-refractivity contribution in [3.05, 3.63) is 59.1 Å². The van der Waals surface area contributed by atoms with E-state index >= 15 is 0 Å². The summed E-state index contributed by atoms with van der Waals surface area (Å²) >= 11 is 6.10. The van der Waals surface area contributed by atoms with Gasteiger partial charge in [0.1, 0.15) is 5.82 Å². The molecule has 0 aromatic heterocycles. The van der Waals surface area contributed by atoms with Crippen LogP contribution >= 0.6 is 11.8 Å². The van der Waals surface area contributed by atoms with Crippen LogP contribution in [0.15, 0.2) is 47.7 Å². The summed E-state index contributed by atoms with van der Waals surface area (Å²) in [5.41, 5.74) is 3.11. The third-order valence-electron chi connectivity index (χ3n) is 2.64. The Bertz CT molecular complexity index is 451. The second kappa shape index (κ2) is 4.71. The highest BCUT2D eigenvalue weighted by Gasteiger charge is 2.12. The van der Waals surface area contributed by atoms with Crippen LogP contribution in [0.5, 0.6) is 0 Å². The number of rotatable bonds is 2. The van der Waals surface area contributed by atoms with E-state index in [1.807, 2.05) is 25.1 Å². The predicted molar refractivity (Wildman–Crippen MR) is 64.5 cm³/mol. The lowest BCUT2D eigenvalue weighted by molar-refractivity contribution is 0.580. The van der Waals surface area contributed by atoms with Gasteiger partial charge in [-0.15, -0.1) is 0 Å². The van der Waals surface area contributed by atoms with Crippen LogP contribution in [0.2, 0.25) is 0 Å². The van der Waals surface area contributed by atoms with E-state index in [9.17, 15) is 4.39 Å². The minimum Gasteiger partial charge on any atom is -0.285 e.